The number of nitrogens with one attached hydrogen (secondary N) is 1. The van der Waals surface area contributed by atoms with Gasteiger partial charge in [-0.3, -0.25) is 19.0 Å². The second-order valence-electron chi connectivity index (χ2n) is 9.24. The second kappa shape index (κ2) is 10.7. The lowest BCUT2D eigenvalue weighted by molar-refractivity contribution is -0.173. The Morgan fingerprint density at radius 3 is 2.20 bits per heavy atom. The van der Waals surface area contributed by atoms with E-state index >= 15 is 0 Å². The summed E-state index contributed by atoms with van der Waals surface area (Å²) in [6.07, 6.45) is -2.62. The van der Waals surface area contributed by atoms with Gasteiger partial charge >= 0.3 is 17.9 Å². The van der Waals surface area contributed by atoms with Gasteiger partial charge in [-0.25, -0.2) is 9.97 Å². The van der Waals surface area contributed by atoms with Crippen LogP contribution in [0.3, 0.4) is 0 Å². The van der Waals surface area contributed by atoms with E-state index in [-0.39, 0.29) is 23.1 Å². The number of nitrogens with two attached hydrogens (primary N) is 1. The third-order valence-corrected chi connectivity index (χ3v) is 5.62. The average Bonchev–Trinajstić information content (AvgIpc) is 3.33. The van der Waals surface area contributed by atoms with Crippen molar-refractivity contribution >= 4 is 47.2 Å². The number of hydrogen-bond acceptors (Lipinski definition) is 11. The van der Waals surface area contributed by atoms with E-state index in [9.17, 15) is 14.4 Å². The molecule has 0 aromatic carbocycles. The van der Waals surface area contributed by atoms with Crippen LogP contribution in [-0.4, -0.2) is 62.3 Å². The molecule has 0 bridgehead atoms. The number of fused-ring (bicyclic) bond motifs is 1. The van der Waals surface area contributed by atoms with Gasteiger partial charge in [0, 0.05) is 0 Å². The lowest BCUT2D eigenvalue weighted by atomic mass is 10.1. The van der Waals surface area contributed by atoms with Gasteiger partial charge in [0.2, 0.25) is 0 Å². The molecule has 0 aliphatic carbocycles. The minimum atomic E-state index is -1.08. The summed E-state index contributed by atoms with van der Waals surface area (Å²) in [4.78, 5) is 48.5. The molecule has 2 aromatic heterocycles. The number of carbonyl (C=O) groups excluding carboxylic acids is 3. The second-order valence-corrected chi connectivity index (χ2v) is 9.63. The maximum absolute atomic E-state index is 12.6. The molecule has 3 rings (SSSR count). The predicted molar refractivity (Wildman–Crippen MR) is 126 cm³/mol. The quantitative estimate of drug-likeness (QED) is 0.305. The lowest BCUT2D eigenvalue weighted by Gasteiger charge is -2.26. The molecule has 1 fully saturated rings. The van der Waals surface area contributed by atoms with Gasteiger partial charge in [0.15, 0.2) is 29.0 Å². The van der Waals surface area contributed by atoms with Gasteiger partial charge in [-0.2, -0.15) is 0 Å². The van der Waals surface area contributed by atoms with Gasteiger partial charge in [-0.05, 0) is 0 Å². The van der Waals surface area contributed by atoms with Gasteiger partial charge in [0.05, 0.1) is 24.1 Å². The van der Waals surface area contributed by atoms with Crippen molar-refractivity contribution in [3.63, 3.8) is 0 Å². The number of aromatic amines is 1. The van der Waals surface area contributed by atoms with Crippen molar-refractivity contribution in [1.82, 2.24) is 19.5 Å². The first kappa shape index (κ1) is 26.5. The molecule has 1 aliphatic rings. The molecular weight excluding hydrogens is 478 g/mol. The Morgan fingerprint density at radius 1 is 1.06 bits per heavy atom. The maximum Gasteiger partial charge on any atom is 0.308 e. The molecule has 1 aliphatic heterocycles. The number of rotatable bonds is 8. The first-order chi connectivity index (χ1) is 16.4. The SMILES string of the molecule is CC(C)C(=O)OC[C@H]1O[C@@H](n2cnc3c(=S)nc(N)[nH]c32)[C@@H](OC(=O)C(C)C)[C@@H]1OC(=O)C(C)C. The van der Waals surface area contributed by atoms with E-state index in [1.54, 1.807) is 46.1 Å². The summed E-state index contributed by atoms with van der Waals surface area (Å²) in [6, 6.07) is 0. The number of hydrogen-bond donors (Lipinski definition) is 2. The number of anilines is 1. The zero-order valence-corrected chi connectivity index (χ0v) is 21.3. The van der Waals surface area contributed by atoms with Crippen LogP contribution in [0.15, 0.2) is 6.33 Å². The highest BCUT2D eigenvalue weighted by Crippen LogP contribution is 2.36. The molecule has 35 heavy (non-hydrogen) atoms. The normalized spacial score (nSPS) is 22.2. The van der Waals surface area contributed by atoms with Gasteiger partial charge in [-0.15, -0.1) is 0 Å². The van der Waals surface area contributed by atoms with Crippen LogP contribution in [0, 0.1) is 22.4 Å². The van der Waals surface area contributed by atoms with E-state index in [1.165, 1.54) is 6.33 Å². The number of aromatic nitrogens is 4. The number of imidazole rings is 1. The van der Waals surface area contributed by atoms with Crippen LogP contribution >= 0.6 is 12.2 Å². The van der Waals surface area contributed by atoms with Crippen molar-refractivity contribution in [3.8, 4) is 0 Å². The summed E-state index contributed by atoms with van der Waals surface area (Å²) >= 11 is 5.25. The summed E-state index contributed by atoms with van der Waals surface area (Å²) in [5, 5.41) is 0. The highest BCUT2D eigenvalue weighted by atomic mass is 32.1. The molecule has 13 heteroatoms. The van der Waals surface area contributed by atoms with Crippen molar-refractivity contribution in [3.05, 3.63) is 11.0 Å². The van der Waals surface area contributed by atoms with Crippen LogP contribution < -0.4 is 5.73 Å². The van der Waals surface area contributed by atoms with Gasteiger partial charge < -0.3 is 29.7 Å². The number of esters is 3. The Bertz CT molecular complexity index is 1160. The molecule has 2 aromatic rings. The van der Waals surface area contributed by atoms with E-state index in [4.69, 9.17) is 36.9 Å². The summed E-state index contributed by atoms with van der Waals surface area (Å²) in [7, 11) is 0. The Morgan fingerprint density at radius 2 is 1.63 bits per heavy atom. The minimum Gasteiger partial charge on any atom is -0.463 e. The Labute approximate surface area is 207 Å². The zero-order valence-electron chi connectivity index (χ0n) is 20.5. The van der Waals surface area contributed by atoms with E-state index in [0.717, 1.165) is 0 Å². The minimum absolute atomic E-state index is 0.0585. The summed E-state index contributed by atoms with van der Waals surface area (Å²) in [6.45, 7) is 9.90. The number of nitrogen functional groups attached to an aromatic ring is 1. The zero-order chi connectivity index (χ0) is 26.0. The Hall–Kier alpha value is -3.06. The largest absolute Gasteiger partial charge is 0.463 e. The van der Waals surface area contributed by atoms with Crippen LogP contribution in [0.5, 0.6) is 0 Å². The lowest BCUT2D eigenvalue weighted by Crippen LogP contribution is -2.42. The number of H-pyrrole nitrogens is 1. The Kier molecular flexibility index (Phi) is 8.11. The fourth-order valence-electron chi connectivity index (χ4n) is 3.35. The van der Waals surface area contributed by atoms with E-state index in [2.05, 4.69) is 15.0 Å². The molecule has 1 saturated heterocycles. The topological polar surface area (TPSA) is 161 Å². The van der Waals surface area contributed by atoms with Gasteiger partial charge in [-0.1, -0.05) is 53.8 Å². The van der Waals surface area contributed by atoms with Crippen molar-refractivity contribution in [1.29, 1.82) is 0 Å². The fraction of sp³-hybridized carbons (Fsp3) is 0.636. The molecule has 12 nitrogen and oxygen atoms in total. The van der Waals surface area contributed by atoms with Crippen LogP contribution in [0.1, 0.15) is 47.8 Å². The molecule has 3 heterocycles. The van der Waals surface area contributed by atoms with E-state index in [1.807, 2.05) is 0 Å². The third-order valence-electron chi connectivity index (χ3n) is 5.33. The highest BCUT2D eigenvalue weighted by molar-refractivity contribution is 7.71. The molecule has 3 N–H and O–H groups in total. The summed E-state index contributed by atoms with van der Waals surface area (Å²) in [5.74, 6) is -2.71. The predicted octanol–water partition coefficient (Wildman–Crippen LogP) is 2.30. The molecule has 0 unspecified atom stereocenters. The van der Waals surface area contributed by atoms with Crippen molar-refractivity contribution in [2.24, 2.45) is 17.8 Å². The molecule has 0 amide bonds. The molecule has 0 saturated carbocycles. The van der Waals surface area contributed by atoms with Crippen molar-refractivity contribution in [2.75, 3.05) is 12.3 Å². The maximum atomic E-state index is 12.6. The first-order valence-electron chi connectivity index (χ1n) is 11.4. The van der Waals surface area contributed by atoms with Gasteiger partial charge in [0.25, 0.3) is 0 Å². The highest BCUT2D eigenvalue weighted by Gasteiger charge is 2.51. The van der Waals surface area contributed by atoms with Crippen LogP contribution in [0.2, 0.25) is 0 Å². The van der Waals surface area contributed by atoms with E-state index < -0.39 is 54.3 Å². The summed E-state index contributed by atoms with van der Waals surface area (Å²) < 4.78 is 24.8. The number of ether oxygens (including phenoxy) is 4. The third kappa shape index (κ3) is 5.78. The van der Waals surface area contributed by atoms with Crippen molar-refractivity contribution in [2.45, 2.75) is 66.1 Å². The fourth-order valence-corrected chi connectivity index (χ4v) is 3.60. The monoisotopic (exact) mass is 509 g/mol. The standard InChI is InChI=1S/C22H31N5O7S/c1-9(2)19(28)31-7-12-14(33-20(29)10(3)4)15(34-21(30)11(5)6)18(32-12)27-8-24-13-16(27)25-22(23)26-17(13)35/h8-12,14-15,18H,7H2,1-6H3,(H3,23,25,26,35)/t12-,14-,15+,18-/m1/s1. The number of carbonyl (C=O) groups is 3. The van der Waals surface area contributed by atoms with Crippen LogP contribution in [0.25, 0.3) is 11.2 Å². The molecule has 4 atom stereocenters. The van der Waals surface area contributed by atoms with Crippen molar-refractivity contribution < 1.29 is 33.3 Å². The van der Waals surface area contributed by atoms with E-state index in [0.29, 0.717) is 11.2 Å². The van der Waals surface area contributed by atoms with Gasteiger partial charge in [0.1, 0.15) is 23.9 Å². The van der Waals surface area contributed by atoms with Crippen LogP contribution in [0.4, 0.5) is 5.95 Å². The first-order valence-corrected chi connectivity index (χ1v) is 11.8. The molecule has 192 valence electrons. The smallest absolute Gasteiger partial charge is 0.308 e. The molecular formula is C22H31N5O7S. The molecule has 0 radical (unpaired) electrons. The average molecular weight is 510 g/mol. The van der Waals surface area contributed by atoms with Crippen LogP contribution in [-0.2, 0) is 33.3 Å². The number of nitrogens with zero attached hydrogens (tertiary/aromatic N) is 3. The summed E-state index contributed by atoms with van der Waals surface area (Å²) in [5.41, 5.74) is 6.58. The Balaban J connectivity index is 2.06. The molecule has 0 spiro atoms.